The van der Waals surface area contributed by atoms with Gasteiger partial charge in [0.1, 0.15) is 5.01 Å². The van der Waals surface area contributed by atoms with Crippen LogP contribution in [0, 0.1) is 0 Å². The third-order valence-corrected chi connectivity index (χ3v) is 5.35. The molecule has 4 rings (SSSR count). The topological polar surface area (TPSA) is 68.3 Å². The molecule has 1 amide bonds. The van der Waals surface area contributed by atoms with Gasteiger partial charge in [-0.25, -0.2) is 9.78 Å². The Labute approximate surface area is 171 Å². The van der Waals surface area contributed by atoms with Crippen molar-refractivity contribution in [2.45, 2.75) is 13.0 Å². The summed E-state index contributed by atoms with van der Waals surface area (Å²) in [5, 5.41) is 5.60. The van der Waals surface area contributed by atoms with E-state index in [-0.39, 0.29) is 5.91 Å². The summed E-state index contributed by atoms with van der Waals surface area (Å²) in [7, 11) is 0. The molecule has 0 bridgehead atoms. The summed E-state index contributed by atoms with van der Waals surface area (Å²) in [5.74, 6) is -0.979. The van der Waals surface area contributed by atoms with Crippen molar-refractivity contribution in [3.63, 3.8) is 0 Å². The van der Waals surface area contributed by atoms with Crippen molar-refractivity contribution in [1.29, 1.82) is 0 Å². The minimum absolute atomic E-state index is 0.387. The van der Waals surface area contributed by atoms with Crippen LogP contribution in [0.1, 0.15) is 11.9 Å². The second kappa shape index (κ2) is 8.24. The van der Waals surface area contributed by atoms with Gasteiger partial charge in [-0.15, -0.1) is 11.3 Å². The van der Waals surface area contributed by atoms with E-state index in [9.17, 15) is 9.59 Å². The molecule has 1 aromatic heterocycles. The fourth-order valence-corrected chi connectivity index (χ4v) is 3.75. The Hall–Kier alpha value is -3.51. The lowest BCUT2D eigenvalue weighted by Crippen LogP contribution is -2.29. The first kappa shape index (κ1) is 18.8. The Balaban J connectivity index is 1.36. The van der Waals surface area contributed by atoms with Crippen LogP contribution in [0.3, 0.4) is 0 Å². The van der Waals surface area contributed by atoms with Crippen molar-refractivity contribution < 1.29 is 14.3 Å². The fraction of sp³-hybridized carbons (Fsp3) is 0.0870. The van der Waals surface area contributed by atoms with Crippen LogP contribution >= 0.6 is 11.3 Å². The Morgan fingerprint density at radius 3 is 2.62 bits per heavy atom. The van der Waals surface area contributed by atoms with Gasteiger partial charge < -0.3 is 10.1 Å². The standard InChI is InChI=1S/C23H18N2O3S/c1-15(23(27)24-18-11-10-16-6-2-3-7-17(16)14-18)28-22(26)13-12-21-25-19-8-4-5-9-20(19)29-21/h2-15H,1H3,(H,24,27)/b13-12+/t15-/m0/s1. The number of carbonyl (C=O) groups is 2. The number of nitrogens with zero attached hydrogens (tertiary/aromatic N) is 1. The Morgan fingerprint density at radius 2 is 1.79 bits per heavy atom. The second-order valence-corrected chi connectivity index (χ2v) is 7.55. The van der Waals surface area contributed by atoms with Crippen LogP contribution in [-0.2, 0) is 14.3 Å². The molecular weight excluding hydrogens is 384 g/mol. The molecule has 1 heterocycles. The molecule has 144 valence electrons. The lowest BCUT2D eigenvalue weighted by atomic mass is 10.1. The minimum Gasteiger partial charge on any atom is -0.449 e. The zero-order chi connectivity index (χ0) is 20.2. The largest absolute Gasteiger partial charge is 0.449 e. The summed E-state index contributed by atoms with van der Waals surface area (Å²) in [6.45, 7) is 1.54. The molecule has 0 aliphatic heterocycles. The van der Waals surface area contributed by atoms with Gasteiger partial charge in [-0.05, 0) is 48.0 Å². The van der Waals surface area contributed by atoms with E-state index in [1.54, 1.807) is 13.0 Å². The van der Waals surface area contributed by atoms with E-state index >= 15 is 0 Å². The van der Waals surface area contributed by atoms with E-state index in [0.717, 1.165) is 21.0 Å². The third-order valence-electron chi connectivity index (χ3n) is 4.35. The summed E-state index contributed by atoms with van der Waals surface area (Å²) >= 11 is 1.48. The van der Waals surface area contributed by atoms with Gasteiger partial charge in [0.25, 0.3) is 5.91 Å². The average Bonchev–Trinajstić information content (AvgIpc) is 3.15. The number of hydrogen-bond donors (Lipinski definition) is 1. The predicted octanol–water partition coefficient (Wildman–Crippen LogP) is 5.03. The molecule has 0 saturated carbocycles. The predicted molar refractivity (Wildman–Crippen MR) is 117 cm³/mol. The Kier molecular flexibility index (Phi) is 5.35. The Morgan fingerprint density at radius 1 is 1.03 bits per heavy atom. The Bertz CT molecular complexity index is 1200. The molecule has 0 spiro atoms. The molecular formula is C23H18N2O3S. The first-order valence-electron chi connectivity index (χ1n) is 9.12. The second-order valence-electron chi connectivity index (χ2n) is 6.48. The van der Waals surface area contributed by atoms with Crippen LogP contribution in [-0.4, -0.2) is 23.0 Å². The van der Waals surface area contributed by atoms with Gasteiger partial charge in [0, 0.05) is 11.8 Å². The number of fused-ring (bicyclic) bond motifs is 2. The maximum absolute atomic E-state index is 12.4. The molecule has 29 heavy (non-hydrogen) atoms. The van der Waals surface area contributed by atoms with E-state index < -0.39 is 12.1 Å². The number of ether oxygens (including phenoxy) is 1. The van der Waals surface area contributed by atoms with Gasteiger partial charge in [-0.2, -0.15) is 0 Å². The van der Waals surface area contributed by atoms with E-state index in [1.165, 1.54) is 17.4 Å². The van der Waals surface area contributed by atoms with Crippen LogP contribution in [0.5, 0.6) is 0 Å². The molecule has 0 unspecified atom stereocenters. The van der Waals surface area contributed by atoms with Crippen molar-refractivity contribution in [2.24, 2.45) is 0 Å². The molecule has 0 radical (unpaired) electrons. The van der Waals surface area contributed by atoms with Gasteiger partial charge in [0.15, 0.2) is 6.10 Å². The van der Waals surface area contributed by atoms with Crippen molar-refractivity contribution in [3.8, 4) is 0 Å². The number of anilines is 1. The fourth-order valence-electron chi connectivity index (χ4n) is 2.88. The molecule has 1 atom stereocenters. The van der Waals surface area contributed by atoms with Gasteiger partial charge in [0.2, 0.25) is 0 Å². The highest BCUT2D eigenvalue weighted by molar-refractivity contribution is 7.19. The average molecular weight is 402 g/mol. The smallest absolute Gasteiger partial charge is 0.331 e. The number of amides is 1. The lowest BCUT2D eigenvalue weighted by molar-refractivity contribution is -0.148. The first-order valence-corrected chi connectivity index (χ1v) is 9.94. The SMILES string of the molecule is C[C@H](OC(=O)/C=C/c1nc2ccccc2s1)C(=O)Nc1ccc2ccccc2c1. The highest BCUT2D eigenvalue weighted by Gasteiger charge is 2.17. The summed E-state index contributed by atoms with van der Waals surface area (Å²) < 4.78 is 6.25. The number of esters is 1. The van der Waals surface area contributed by atoms with Crippen molar-refractivity contribution in [2.75, 3.05) is 5.32 Å². The van der Waals surface area contributed by atoms with Crippen molar-refractivity contribution in [3.05, 3.63) is 77.8 Å². The van der Waals surface area contributed by atoms with Crippen LogP contribution in [0.4, 0.5) is 5.69 Å². The third kappa shape index (κ3) is 4.50. The van der Waals surface area contributed by atoms with Crippen molar-refractivity contribution in [1.82, 2.24) is 4.98 Å². The number of benzene rings is 3. The number of rotatable bonds is 5. The van der Waals surface area contributed by atoms with Gasteiger partial charge >= 0.3 is 5.97 Å². The lowest BCUT2D eigenvalue weighted by Gasteiger charge is -2.12. The molecule has 0 saturated heterocycles. The number of hydrogen-bond acceptors (Lipinski definition) is 5. The summed E-state index contributed by atoms with van der Waals surface area (Å²) in [6, 6.07) is 21.3. The zero-order valence-electron chi connectivity index (χ0n) is 15.7. The zero-order valence-corrected chi connectivity index (χ0v) is 16.5. The summed E-state index contributed by atoms with van der Waals surface area (Å²) in [5.41, 5.74) is 1.54. The highest BCUT2D eigenvalue weighted by atomic mass is 32.1. The van der Waals surface area contributed by atoms with Crippen LogP contribution in [0.15, 0.2) is 72.8 Å². The van der Waals surface area contributed by atoms with Crippen LogP contribution in [0.2, 0.25) is 0 Å². The molecule has 5 nitrogen and oxygen atoms in total. The maximum Gasteiger partial charge on any atom is 0.331 e. The van der Waals surface area contributed by atoms with Gasteiger partial charge in [-0.3, -0.25) is 4.79 Å². The first-order chi connectivity index (χ1) is 14.1. The summed E-state index contributed by atoms with van der Waals surface area (Å²) in [4.78, 5) is 28.8. The van der Waals surface area contributed by atoms with Gasteiger partial charge in [0.05, 0.1) is 10.2 Å². The van der Waals surface area contributed by atoms with E-state index in [2.05, 4.69) is 10.3 Å². The normalized spacial score (nSPS) is 12.3. The molecule has 4 aromatic rings. The van der Waals surface area contributed by atoms with Crippen LogP contribution < -0.4 is 5.32 Å². The highest BCUT2D eigenvalue weighted by Crippen LogP contribution is 2.22. The number of aromatic nitrogens is 1. The molecule has 0 aliphatic carbocycles. The van der Waals surface area contributed by atoms with E-state index in [1.807, 2.05) is 66.7 Å². The number of thiazole rings is 1. The molecule has 6 heteroatoms. The minimum atomic E-state index is -0.922. The van der Waals surface area contributed by atoms with Crippen molar-refractivity contribution >= 4 is 56.0 Å². The molecule has 0 fully saturated rings. The van der Waals surface area contributed by atoms with E-state index in [4.69, 9.17) is 4.74 Å². The van der Waals surface area contributed by atoms with Crippen LogP contribution in [0.25, 0.3) is 27.1 Å². The van der Waals surface area contributed by atoms with Gasteiger partial charge in [-0.1, -0.05) is 42.5 Å². The molecule has 3 aromatic carbocycles. The molecule has 1 N–H and O–H groups in total. The monoisotopic (exact) mass is 402 g/mol. The molecule has 0 aliphatic rings. The summed E-state index contributed by atoms with van der Waals surface area (Å²) in [6.07, 6.45) is 1.97. The van der Waals surface area contributed by atoms with E-state index in [0.29, 0.717) is 10.7 Å². The number of para-hydroxylation sites is 1. The number of nitrogens with one attached hydrogen (secondary N) is 1. The quantitative estimate of drug-likeness (QED) is 0.375. The maximum atomic E-state index is 12.4. The number of carbonyl (C=O) groups excluding carboxylic acids is 2.